The lowest BCUT2D eigenvalue weighted by molar-refractivity contribution is 0.0954. The summed E-state index contributed by atoms with van der Waals surface area (Å²) in [6.07, 6.45) is 3.83. The lowest BCUT2D eigenvalue weighted by Crippen LogP contribution is -2.29. The molecule has 0 spiro atoms. The second kappa shape index (κ2) is 11.4. The number of hydrogen-bond donors (Lipinski definition) is 3. The standard InChI is InChI=1S/C28H32N4O2/c1-2-22-12-6-7-13-25(22)31-28(34)30-23-14-15-26(32-18-8-9-19-32)24(20-23)27(33)29-17-16-21-10-4-3-5-11-21/h3-7,10-15,20H,2,8-9,16-19H2,1H3,(H,29,33)(H2,30,31,34). The van der Waals surface area contributed by atoms with Crippen LogP contribution in [-0.2, 0) is 12.8 Å². The molecule has 3 aromatic carbocycles. The fourth-order valence-electron chi connectivity index (χ4n) is 4.32. The lowest BCUT2D eigenvalue weighted by atomic mass is 10.1. The second-order valence-corrected chi connectivity index (χ2v) is 8.51. The molecule has 1 heterocycles. The number of amides is 3. The number of aryl methyl sites for hydroxylation is 1. The van der Waals surface area contributed by atoms with Gasteiger partial charge in [-0.3, -0.25) is 4.79 Å². The van der Waals surface area contributed by atoms with E-state index in [-0.39, 0.29) is 11.9 Å². The summed E-state index contributed by atoms with van der Waals surface area (Å²) in [5.74, 6) is -0.127. The SMILES string of the molecule is CCc1ccccc1NC(=O)Nc1ccc(N2CCCC2)c(C(=O)NCCc2ccccc2)c1. The number of para-hydroxylation sites is 1. The molecule has 4 rings (SSSR count). The van der Waals surface area contributed by atoms with Gasteiger partial charge in [-0.15, -0.1) is 0 Å². The van der Waals surface area contributed by atoms with Gasteiger partial charge in [0.1, 0.15) is 0 Å². The van der Waals surface area contributed by atoms with Gasteiger partial charge in [0.25, 0.3) is 5.91 Å². The zero-order valence-corrected chi connectivity index (χ0v) is 19.6. The van der Waals surface area contributed by atoms with Crippen LogP contribution in [0.4, 0.5) is 21.9 Å². The molecule has 0 saturated carbocycles. The van der Waals surface area contributed by atoms with Gasteiger partial charge in [-0.05, 0) is 61.1 Å². The van der Waals surface area contributed by atoms with E-state index < -0.39 is 0 Å². The van der Waals surface area contributed by atoms with E-state index in [2.05, 4.69) is 39.9 Å². The molecule has 0 atom stereocenters. The minimum Gasteiger partial charge on any atom is -0.371 e. The van der Waals surface area contributed by atoms with Gasteiger partial charge in [0.2, 0.25) is 0 Å². The van der Waals surface area contributed by atoms with E-state index in [1.165, 1.54) is 5.56 Å². The van der Waals surface area contributed by atoms with Gasteiger partial charge < -0.3 is 20.9 Å². The number of anilines is 3. The molecule has 0 aliphatic carbocycles. The third-order valence-electron chi connectivity index (χ3n) is 6.13. The van der Waals surface area contributed by atoms with Crippen molar-refractivity contribution >= 4 is 29.0 Å². The molecular weight excluding hydrogens is 424 g/mol. The zero-order chi connectivity index (χ0) is 23.8. The first-order valence-corrected chi connectivity index (χ1v) is 12.0. The Hall–Kier alpha value is -3.80. The van der Waals surface area contributed by atoms with Gasteiger partial charge in [0.15, 0.2) is 0 Å². The van der Waals surface area contributed by atoms with Crippen molar-refractivity contribution < 1.29 is 9.59 Å². The summed E-state index contributed by atoms with van der Waals surface area (Å²) in [6.45, 7) is 4.48. The fourth-order valence-corrected chi connectivity index (χ4v) is 4.32. The molecule has 6 nitrogen and oxygen atoms in total. The molecule has 3 N–H and O–H groups in total. The van der Waals surface area contributed by atoms with E-state index >= 15 is 0 Å². The monoisotopic (exact) mass is 456 g/mol. The van der Waals surface area contributed by atoms with Crippen LogP contribution < -0.4 is 20.9 Å². The first kappa shape index (κ1) is 23.4. The van der Waals surface area contributed by atoms with Crippen LogP contribution in [0.1, 0.15) is 41.3 Å². The van der Waals surface area contributed by atoms with Gasteiger partial charge >= 0.3 is 6.03 Å². The third-order valence-corrected chi connectivity index (χ3v) is 6.13. The Bertz CT molecular complexity index is 1120. The van der Waals surface area contributed by atoms with Crippen molar-refractivity contribution in [2.24, 2.45) is 0 Å². The van der Waals surface area contributed by atoms with Gasteiger partial charge in [0.05, 0.1) is 5.56 Å². The van der Waals surface area contributed by atoms with Crippen LogP contribution >= 0.6 is 0 Å². The highest BCUT2D eigenvalue weighted by molar-refractivity contribution is 6.04. The molecule has 1 saturated heterocycles. The van der Waals surface area contributed by atoms with Crippen molar-refractivity contribution in [2.75, 3.05) is 35.2 Å². The fraction of sp³-hybridized carbons (Fsp3) is 0.286. The van der Waals surface area contributed by atoms with E-state index in [4.69, 9.17) is 0 Å². The summed E-state index contributed by atoms with van der Waals surface area (Å²) in [7, 11) is 0. The normalized spacial score (nSPS) is 12.9. The molecule has 1 aliphatic rings. The summed E-state index contributed by atoms with van der Waals surface area (Å²) >= 11 is 0. The number of carbonyl (C=O) groups is 2. The smallest absolute Gasteiger partial charge is 0.323 e. The second-order valence-electron chi connectivity index (χ2n) is 8.51. The molecule has 1 aliphatic heterocycles. The van der Waals surface area contributed by atoms with E-state index in [1.807, 2.05) is 54.6 Å². The first-order valence-electron chi connectivity index (χ1n) is 12.0. The van der Waals surface area contributed by atoms with Crippen molar-refractivity contribution in [1.29, 1.82) is 0 Å². The predicted octanol–water partition coefficient (Wildman–Crippen LogP) is 5.47. The van der Waals surface area contributed by atoms with Crippen LogP contribution in [0.25, 0.3) is 0 Å². The predicted molar refractivity (Wildman–Crippen MR) is 139 cm³/mol. The van der Waals surface area contributed by atoms with Gasteiger partial charge in [-0.1, -0.05) is 55.5 Å². The number of hydrogen-bond acceptors (Lipinski definition) is 3. The Labute approximate surface area is 201 Å². The molecule has 34 heavy (non-hydrogen) atoms. The first-order chi connectivity index (χ1) is 16.6. The minimum absolute atomic E-state index is 0.127. The quantitative estimate of drug-likeness (QED) is 0.421. The number of nitrogens with one attached hydrogen (secondary N) is 3. The number of nitrogens with zero attached hydrogens (tertiary/aromatic N) is 1. The molecule has 0 aromatic heterocycles. The van der Waals surface area contributed by atoms with E-state index in [0.29, 0.717) is 17.8 Å². The summed E-state index contributed by atoms with van der Waals surface area (Å²) in [5, 5.41) is 8.86. The molecule has 6 heteroatoms. The van der Waals surface area contributed by atoms with Crippen LogP contribution in [0.5, 0.6) is 0 Å². The Kier molecular flexibility index (Phi) is 7.81. The number of urea groups is 1. The third kappa shape index (κ3) is 5.95. The number of benzene rings is 3. The highest BCUT2D eigenvalue weighted by Gasteiger charge is 2.20. The topological polar surface area (TPSA) is 73.5 Å². The van der Waals surface area contributed by atoms with Crippen molar-refractivity contribution in [2.45, 2.75) is 32.6 Å². The maximum Gasteiger partial charge on any atom is 0.323 e. The van der Waals surface area contributed by atoms with E-state index in [9.17, 15) is 9.59 Å². The van der Waals surface area contributed by atoms with Crippen LogP contribution in [0, 0.1) is 0 Å². The van der Waals surface area contributed by atoms with Crippen molar-refractivity contribution in [3.05, 3.63) is 89.5 Å². The van der Waals surface area contributed by atoms with Crippen molar-refractivity contribution in [3.8, 4) is 0 Å². The maximum absolute atomic E-state index is 13.2. The highest BCUT2D eigenvalue weighted by Crippen LogP contribution is 2.28. The molecule has 0 bridgehead atoms. The maximum atomic E-state index is 13.2. The molecule has 176 valence electrons. The summed E-state index contributed by atoms with van der Waals surface area (Å²) in [5.41, 5.74) is 5.12. The van der Waals surface area contributed by atoms with Crippen LogP contribution in [-0.4, -0.2) is 31.6 Å². The largest absolute Gasteiger partial charge is 0.371 e. The molecule has 0 radical (unpaired) electrons. The average molecular weight is 457 g/mol. The van der Waals surface area contributed by atoms with Gasteiger partial charge in [0, 0.05) is 36.7 Å². The van der Waals surface area contributed by atoms with Crippen molar-refractivity contribution in [3.63, 3.8) is 0 Å². The zero-order valence-electron chi connectivity index (χ0n) is 19.6. The summed E-state index contributed by atoms with van der Waals surface area (Å²) < 4.78 is 0. The van der Waals surface area contributed by atoms with Gasteiger partial charge in [-0.2, -0.15) is 0 Å². The molecule has 3 aromatic rings. The minimum atomic E-state index is -0.328. The molecule has 3 amide bonds. The Balaban J connectivity index is 1.47. The number of carbonyl (C=O) groups excluding carboxylic acids is 2. The highest BCUT2D eigenvalue weighted by atomic mass is 16.2. The molecule has 1 fully saturated rings. The van der Waals surface area contributed by atoms with E-state index in [0.717, 1.165) is 55.7 Å². The number of rotatable bonds is 8. The summed E-state index contributed by atoms with van der Waals surface area (Å²) in [4.78, 5) is 28.1. The Morgan fingerprint density at radius 2 is 1.62 bits per heavy atom. The molecule has 0 unspecified atom stereocenters. The van der Waals surface area contributed by atoms with E-state index in [1.54, 1.807) is 6.07 Å². The van der Waals surface area contributed by atoms with Crippen LogP contribution in [0.2, 0.25) is 0 Å². The van der Waals surface area contributed by atoms with Crippen molar-refractivity contribution in [1.82, 2.24) is 5.32 Å². The van der Waals surface area contributed by atoms with Gasteiger partial charge in [-0.25, -0.2) is 4.79 Å². The van der Waals surface area contributed by atoms with Crippen LogP contribution in [0.3, 0.4) is 0 Å². The Morgan fingerprint density at radius 1 is 0.882 bits per heavy atom. The molecular formula is C28H32N4O2. The lowest BCUT2D eigenvalue weighted by Gasteiger charge is -2.22. The average Bonchev–Trinajstić information content (AvgIpc) is 3.40. The summed E-state index contributed by atoms with van der Waals surface area (Å²) in [6, 6.07) is 23.1. The Morgan fingerprint density at radius 3 is 2.38 bits per heavy atom. The van der Waals surface area contributed by atoms with Crippen LogP contribution in [0.15, 0.2) is 72.8 Å².